The van der Waals surface area contributed by atoms with Gasteiger partial charge in [-0.15, -0.1) is 0 Å². The highest BCUT2D eigenvalue weighted by Crippen LogP contribution is 2.19. The van der Waals surface area contributed by atoms with Crippen molar-refractivity contribution in [2.75, 3.05) is 19.0 Å². The average molecular weight is 225 g/mol. The number of nitrogens with one attached hydrogen (secondary N) is 1. The molecule has 1 atom stereocenters. The number of nitrogens with zero attached hydrogens (tertiary/aromatic N) is 2. The lowest BCUT2D eigenvalue weighted by Gasteiger charge is -2.24. The van der Waals surface area contributed by atoms with Gasteiger partial charge in [-0.2, -0.15) is 0 Å². The predicted molar refractivity (Wildman–Crippen MR) is 66.9 cm³/mol. The molecule has 1 aromatic heterocycles. The number of rotatable bonds is 4. The molecule has 0 fully saturated rings. The van der Waals surface area contributed by atoms with Crippen molar-refractivity contribution in [3.63, 3.8) is 0 Å². The molecule has 0 aliphatic heterocycles. The molecule has 0 aliphatic carbocycles. The van der Waals surface area contributed by atoms with Crippen molar-refractivity contribution in [3.05, 3.63) is 11.9 Å². The summed E-state index contributed by atoms with van der Waals surface area (Å²) in [6.45, 7) is 11.2. The summed E-state index contributed by atoms with van der Waals surface area (Å²) in [5.41, 5.74) is 1.04. The summed E-state index contributed by atoms with van der Waals surface area (Å²) in [7, 11) is 1.72. The largest absolute Gasteiger partial charge is 0.383 e. The first-order valence-corrected chi connectivity index (χ1v) is 5.66. The Hall–Kier alpha value is -1.03. The van der Waals surface area contributed by atoms with E-state index in [0.717, 1.165) is 11.6 Å². The quantitative estimate of drug-likeness (QED) is 0.856. The van der Waals surface area contributed by atoms with Gasteiger partial charge in [0.05, 0.1) is 18.3 Å². The van der Waals surface area contributed by atoms with E-state index in [4.69, 9.17) is 4.74 Å². The Bertz CT molecular complexity index is 339. The van der Waals surface area contributed by atoms with Gasteiger partial charge in [0.15, 0.2) is 0 Å². The lowest BCUT2D eigenvalue weighted by Crippen LogP contribution is -2.29. The molecule has 0 spiro atoms. The SMILES string of the molecule is COCC(C)n1cc(C)nc1NC(C)(C)C. The second-order valence-electron chi connectivity index (χ2n) is 5.29. The minimum atomic E-state index is 0.0162. The maximum absolute atomic E-state index is 5.18. The van der Waals surface area contributed by atoms with E-state index < -0.39 is 0 Å². The fourth-order valence-corrected chi connectivity index (χ4v) is 1.60. The molecule has 0 radical (unpaired) electrons. The molecule has 1 heterocycles. The van der Waals surface area contributed by atoms with E-state index >= 15 is 0 Å². The van der Waals surface area contributed by atoms with Gasteiger partial charge in [-0.1, -0.05) is 0 Å². The Balaban J connectivity index is 2.91. The first-order chi connectivity index (χ1) is 7.33. The number of hydrogen-bond donors (Lipinski definition) is 1. The van der Waals surface area contributed by atoms with Crippen molar-refractivity contribution in [1.29, 1.82) is 0 Å². The van der Waals surface area contributed by atoms with Crippen molar-refractivity contribution in [3.8, 4) is 0 Å². The van der Waals surface area contributed by atoms with Gasteiger partial charge in [-0.3, -0.25) is 0 Å². The Morgan fingerprint density at radius 1 is 1.50 bits per heavy atom. The summed E-state index contributed by atoms with van der Waals surface area (Å²) in [5.74, 6) is 0.912. The summed E-state index contributed by atoms with van der Waals surface area (Å²) in [6.07, 6.45) is 2.05. The number of aryl methyl sites for hydroxylation is 1. The van der Waals surface area contributed by atoms with Crippen LogP contribution in [0.4, 0.5) is 5.95 Å². The van der Waals surface area contributed by atoms with Gasteiger partial charge in [0, 0.05) is 18.8 Å². The van der Waals surface area contributed by atoms with Crippen molar-refractivity contribution in [2.24, 2.45) is 0 Å². The van der Waals surface area contributed by atoms with E-state index in [2.05, 4.69) is 48.8 Å². The molecule has 0 bridgehead atoms. The van der Waals surface area contributed by atoms with Crippen LogP contribution in [0.15, 0.2) is 6.20 Å². The highest BCUT2D eigenvalue weighted by Gasteiger charge is 2.16. The lowest BCUT2D eigenvalue weighted by molar-refractivity contribution is 0.163. The zero-order valence-electron chi connectivity index (χ0n) is 11.2. The summed E-state index contributed by atoms with van der Waals surface area (Å²) >= 11 is 0. The molecule has 0 amide bonds. The van der Waals surface area contributed by atoms with Crippen LogP contribution in [0.3, 0.4) is 0 Å². The fourth-order valence-electron chi connectivity index (χ4n) is 1.60. The minimum absolute atomic E-state index is 0.0162. The lowest BCUT2D eigenvalue weighted by atomic mass is 10.1. The van der Waals surface area contributed by atoms with E-state index in [-0.39, 0.29) is 11.6 Å². The number of ether oxygens (including phenoxy) is 1. The number of anilines is 1. The van der Waals surface area contributed by atoms with Crippen LogP contribution >= 0.6 is 0 Å². The molecule has 4 nitrogen and oxygen atoms in total. The first-order valence-electron chi connectivity index (χ1n) is 5.66. The third kappa shape index (κ3) is 3.52. The molecule has 0 saturated heterocycles. The van der Waals surface area contributed by atoms with Gasteiger partial charge < -0.3 is 14.6 Å². The molecule has 0 saturated carbocycles. The van der Waals surface area contributed by atoms with Gasteiger partial charge in [-0.05, 0) is 34.6 Å². The smallest absolute Gasteiger partial charge is 0.203 e. The Kier molecular flexibility index (Phi) is 3.97. The zero-order valence-corrected chi connectivity index (χ0v) is 11.2. The Morgan fingerprint density at radius 2 is 2.12 bits per heavy atom. The summed E-state index contributed by atoms with van der Waals surface area (Å²) in [5, 5.41) is 3.41. The van der Waals surface area contributed by atoms with Crippen molar-refractivity contribution in [2.45, 2.75) is 46.2 Å². The monoisotopic (exact) mass is 225 g/mol. The van der Waals surface area contributed by atoms with Gasteiger partial charge in [0.1, 0.15) is 0 Å². The number of imidazole rings is 1. The number of aromatic nitrogens is 2. The number of hydrogen-bond acceptors (Lipinski definition) is 3. The summed E-state index contributed by atoms with van der Waals surface area (Å²) in [6, 6.07) is 0.288. The zero-order chi connectivity index (χ0) is 12.3. The van der Waals surface area contributed by atoms with Crippen LogP contribution in [0.25, 0.3) is 0 Å². The van der Waals surface area contributed by atoms with Crippen LogP contribution < -0.4 is 5.32 Å². The second kappa shape index (κ2) is 4.87. The third-order valence-electron chi connectivity index (χ3n) is 2.22. The second-order valence-corrected chi connectivity index (χ2v) is 5.29. The molecule has 1 rings (SSSR count). The Labute approximate surface area is 98.0 Å². The van der Waals surface area contributed by atoms with Crippen LogP contribution in [-0.4, -0.2) is 28.8 Å². The molecule has 1 N–H and O–H groups in total. The van der Waals surface area contributed by atoms with Crippen molar-refractivity contribution >= 4 is 5.95 Å². The van der Waals surface area contributed by atoms with E-state index in [1.165, 1.54) is 0 Å². The van der Waals surface area contributed by atoms with Crippen LogP contribution in [0, 0.1) is 6.92 Å². The molecule has 16 heavy (non-hydrogen) atoms. The number of methoxy groups -OCH3 is 1. The predicted octanol–water partition coefficient (Wildman–Crippen LogP) is 2.61. The van der Waals surface area contributed by atoms with E-state index in [1.54, 1.807) is 7.11 Å². The third-order valence-corrected chi connectivity index (χ3v) is 2.22. The molecule has 0 aliphatic rings. The first kappa shape index (κ1) is 13.0. The average Bonchev–Trinajstić information content (AvgIpc) is 2.44. The van der Waals surface area contributed by atoms with Crippen LogP contribution in [-0.2, 0) is 4.74 Å². The van der Waals surface area contributed by atoms with Crippen LogP contribution in [0.2, 0.25) is 0 Å². The molecular weight excluding hydrogens is 202 g/mol. The van der Waals surface area contributed by atoms with Gasteiger partial charge in [0.2, 0.25) is 5.95 Å². The summed E-state index contributed by atoms with van der Waals surface area (Å²) in [4.78, 5) is 4.50. The van der Waals surface area contributed by atoms with Crippen molar-refractivity contribution in [1.82, 2.24) is 9.55 Å². The molecular formula is C12H23N3O. The fraction of sp³-hybridized carbons (Fsp3) is 0.750. The van der Waals surface area contributed by atoms with Gasteiger partial charge in [-0.25, -0.2) is 4.98 Å². The highest BCUT2D eigenvalue weighted by atomic mass is 16.5. The maximum Gasteiger partial charge on any atom is 0.203 e. The molecule has 4 heteroatoms. The minimum Gasteiger partial charge on any atom is -0.383 e. The summed E-state index contributed by atoms with van der Waals surface area (Å²) < 4.78 is 7.31. The molecule has 92 valence electrons. The van der Waals surface area contributed by atoms with E-state index in [1.807, 2.05) is 6.92 Å². The van der Waals surface area contributed by atoms with E-state index in [0.29, 0.717) is 6.61 Å². The van der Waals surface area contributed by atoms with Crippen LogP contribution in [0.1, 0.15) is 39.4 Å². The van der Waals surface area contributed by atoms with Crippen molar-refractivity contribution < 1.29 is 4.74 Å². The molecule has 1 aromatic rings. The highest BCUT2D eigenvalue weighted by molar-refractivity contribution is 5.32. The molecule has 0 aromatic carbocycles. The standard InChI is InChI=1S/C12H23N3O/c1-9-7-15(10(2)8-16-6)11(13-9)14-12(3,4)5/h7,10H,8H2,1-6H3,(H,13,14). The van der Waals surface area contributed by atoms with Gasteiger partial charge in [0.25, 0.3) is 0 Å². The molecule has 1 unspecified atom stereocenters. The Morgan fingerprint density at radius 3 is 2.62 bits per heavy atom. The van der Waals surface area contributed by atoms with Crippen LogP contribution in [0.5, 0.6) is 0 Å². The topological polar surface area (TPSA) is 39.1 Å². The maximum atomic E-state index is 5.18. The van der Waals surface area contributed by atoms with Gasteiger partial charge >= 0.3 is 0 Å². The van der Waals surface area contributed by atoms with E-state index in [9.17, 15) is 0 Å². The normalized spacial score (nSPS) is 13.9.